The molecule has 104 valence electrons. The molecular weight excluding hydrogens is 274 g/mol. The number of ether oxygens (including phenoxy) is 1. The van der Waals surface area contributed by atoms with E-state index in [1.165, 1.54) is 16.9 Å². The van der Waals surface area contributed by atoms with Crippen molar-refractivity contribution in [2.24, 2.45) is 0 Å². The molecule has 2 aromatic heterocycles. The van der Waals surface area contributed by atoms with Gasteiger partial charge < -0.3 is 10.5 Å². The summed E-state index contributed by atoms with van der Waals surface area (Å²) in [6, 6.07) is 8.06. The maximum absolute atomic E-state index is 5.70. The van der Waals surface area contributed by atoms with Crippen molar-refractivity contribution in [1.82, 2.24) is 19.8 Å². The molecule has 7 heteroatoms. The van der Waals surface area contributed by atoms with Crippen LogP contribution in [-0.2, 0) is 6.61 Å². The molecule has 0 aliphatic rings. The van der Waals surface area contributed by atoms with Crippen molar-refractivity contribution in [2.75, 3.05) is 5.73 Å². The number of rotatable bonds is 4. The third kappa shape index (κ3) is 2.44. The van der Waals surface area contributed by atoms with E-state index in [2.05, 4.69) is 41.3 Å². The molecule has 0 spiro atoms. The predicted octanol–water partition coefficient (Wildman–Crippen LogP) is 2.47. The number of hydrogen-bond donors (Lipinski definition) is 1. The van der Waals surface area contributed by atoms with Gasteiger partial charge in [-0.05, 0) is 23.6 Å². The lowest BCUT2D eigenvalue weighted by atomic mass is 10.0. The maximum atomic E-state index is 5.70. The van der Waals surface area contributed by atoms with Crippen LogP contribution in [-0.4, -0.2) is 19.8 Å². The molecule has 20 heavy (non-hydrogen) atoms. The Morgan fingerprint density at radius 1 is 1.25 bits per heavy atom. The molecular formula is C13H15N5OS. The Bertz CT molecular complexity index is 716. The summed E-state index contributed by atoms with van der Waals surface area (Å²) >= 11 is 1.30. The van der Waals surface area contributed by atoms with Crippen molar-refractivity contribution in [2.45, 2.75) is 26.4 Å². The monoisotopic (exact) mass is 289 g/mol. The van der Waals surface area contributed by atoms with Crippen LogP contribution in [0.15, 0.2) is 24.3 Å². The lowest BCUT2D eigenvalue weighted by molar-refractivity contribution is 0.292. The Balaban J connectivity index is 1.72. The van der Waals surface area contributed by atoms with E-state index >= 15 is 0 Å². The highest BCUT2D eigenvalue weighted by atomic mass is 32.1. The van der Waals surface area contributed by atoms with Crippen LogP contribution in [0.4, 0.5) is 5.13 Å². The van der Waals surface area contributed by atoms with E-state index in [0.717, 1.165) is 5.75 Å². The van der Waals surface area contributed by atoms with Gasteiger partial charge in [-0.1, -0.05) is 37.3 Å². The van der Waals surface area contributed by atoms with Gasteiger partial charge in [0, 0.05) is 0 Å². The normalized spacial score (nSPS) is 11.3. The second kappa shape index (κ2) is 5.09. The molecule has 0 unspecified atom stereocenters. The summed E-state index contributed by atoms with van der Waals surface area (Å²) in [6.45, 7) is 4.64. The summed E-state index contributed by atoms with van der Waals surface area (Å²) in [5.74, 6) is 1.95. The zero-order valence-electron chi connectivity index (χ0n) is 11.3. The lowest BCUT2D eigenvalue weighted by Gasteiger charge is -2.07. The zero-order chi connectivity index (χ0) is 14.1. The second-order valence-corrected chi connectivity index (χ2v) is 5.75. The summed E-state index contributed by atoms with van der Waals surface area (Å²) in [7, 11) is 0. The van der Waals surface area contributed by atoms with E-state index in [4.69, 9.17) is 10.5 Å². The lowest BCUT2D eigenvalue weighted by Crippen LogP contribution is -2.02. The van der Waals surface area contributed by atoms with E-state index in [-0.39, 0.29) is 0 Å². The fourth-order valence-electron chi connectivity index (χ4n) is 1.86. The van der Waals surface area contributed by atoms with E-state index in [1.807, 2.05) is 12.1 Å². The second-order valence-electron chi connectivity index (χ2n) is 4.76. The van der Waals surface area contributed by atoms with Gasteiger partial charge in [0.15, 0.2) is 5.82 Å². The molecule has 0 atom stereocenters. The van der Waals surface area contributed by atoms with E-state index in [0.29, 0.717) is 28.4 Å². The Morgan fingerprint density at radius 2 is 2.00 bits per heavy atom. The van der Waals surface area contributed by atoms with Crippen LogP contribution in [0.2, 0.25) is 0 Å². The molecule has 2 heterocycles. The van der Waals surface area contributed by atoms with Crippen molar-refractivity contribution >= 4 is 21.4 Å². The van der Waals surface area contributed by atoms with E-state index in [9.17, 15) is 0 Å². The van der Waals surface area contributed by atoms with Gasteiger partial charge in [-0.25, -0.2) is 0 Å². The van der Waals surface area contributed by atoms with Crippen molar-refractivity contribution in [1.29, 1.82) is 0 Å². The van der Waals surface area contributed by atoms with Gasteiger partial charge in [-0.3, -0.25) is 0 Å². The Morgan fingerprint density at radius 3 is 2.70 bits per heavy atom. The summed E-state index contributed by atoms with van der Waals surface area (Å²) in [5, 5.41) is 12.6. The number of fused-ring (bicyclic) bond motifs is 1. The number of nitrogen functional groups attached to an aromatic ring is 1. The summed E-state index contributed by atoms with van der Waals surface area (Å²) < 4.78 is 7.32. The van der Waals surface area contributed by atoms with Gasteiger partial charge in [-0.15, -0.1) is 15.3 Å². The highest BCUT2D eigenvalue weighted by Crippen LogP contribution is 2.20. The fraction of sp³-hybridized carbons (Fsp3) is 0.308. The average molecular weight is 289 g/mol. The largest absolute Gasteiger partial charge is 0.486 e. The molecule has 0 aliphatic carbocycles. The SMILES string of the molecule is CC(C)c1ccc(OCc2nnc3sc(N)nn23)cc1. The Kier molecular flexibility index (Phi) is 3.27. The van der Waals surface area contributed by atoms with Gasteiger partial charge in [0.1, 0.15) is 12.4 Å². The molecule has 0 saturated carbocycles. The molecule has 2 N–H and O–H groups in total. The van der Waals surface area contributed by atoms with Crippen LogP contribution in [0.25, 0.3) is 4.96 Å². The number of benzene rings is 1. The molecule has 1 aromatic carbocycles. The number of aromatic nitrogens is 4. The summed E-state index contributed by atoms with van der Waals surface area (Å²) in [6.07, 6.45) is 0. The smallest absolute Gasteiger partial charge is 0.236 e. The summed E-state index contributed by atoms with van der Waals surface area (Å²) in [4.78, 5) is 0.677. The minimum absolute atomic E-state index is 0.311. The molecule has 0 amide bonds. The number of anilines is 1. The maximum Gasteiger partial charge on any atom is 0.236 e. The molecule has 6 nitrogen and oxygen atoms in total. The van der Waals surface area contributed by atoms with Crippen molar-refractivity contribution in [3.63, 3.8) is 0 Å². The first-order valence-corrected chi connectivity index (χ1v) is 7.14. The van der Waals surface area contributed by atoms with Gasteiger partial charge >= 0.3 is 0 Å². The van der Waals surface area contributed by atoms with Gasteiger partial charge in [-0.2, -0.15) is 4.52 Å². The molecule has 3 aromatic rings. The quantitative estimate of drug-likeness (QED) is 0.798. The van der Waals surface area contributed by atoms with E-state index in [1.54, 1.807) is 4.52 Å². The predicted molar refractivity (Wildman–Crippen MR) is 77.9 cm³/mol. The first-order chi connectivity index (χ1) is 9.63. The third-order valence-corrected chi connectivity index (χ3v) is 3.71. The number of hydrogen-bond acceptors (Lipinski definition) is 6. The first-order valence-electron chi connectivity index (χ1n) is 6.33. The van der Waals surface area contributed by atoms with Crippen molar-refractivity contribution < 1.29 is 4.74 Å². The van der Waals surface area contributed by atoms with Crippen LogP contribution in [0.3, 0.4) is 0 Å². The number of nitrogens with two attached hydrogens (primary N) is 1. The number of nitrogens with zero attached hydrogens (tertiary/aromatic N) is 4. The van der Waals surface area contributed by atoms with Crippen LogP contribution in [0.1, 0.15) is 31.2 Å². The van der Waals surface area contributed by atoms with Gasteiger partial charge in [0.25, 0.3) is 0 Å². The van der Waals surface area contributed by atoms with Crippen LogP contribution >= 0.6 is 11.3 Å². The fourth-order valence-corrected chi connectivity index (χ4v) is 2.48. The average Bonchev–Trinajstić information content (AvgIpc) is 2.96. The highest BCUT2D eigenvalue weighted by molar-refractivity contribution is 7.20. The van der Waals surface area contributed by atoms with Crippen LogP contribution in [0, 0.1) is 0 Å². The minimum Gasteiger partial charge on any atom is -0.486 e. The molecule has 0 aliphatic heterocycles. The Labute approximate surface area is 120 Å². The third-order valence-electron chi connectivity index (χ3n) is 2.99. The van der Waals surface area contributed by atoms with Gasteiger partial charge in [0.2, 0.25) is 10.1 Å². The molecule has 0 saturated heterocycles. The highest BCUT2D eigenvalue weighted by Gasteiger charge is 2.10. The standard InChI is InChI=1S/C13H15N5OS/c1-8(2)9-3-5-10(6-4-9)19-7-11-15-16-13-18(11)17-12(14)20-13/h3-6,8H,7H2,1-2H3,(H2,14,17). The van der Waals surface area contributed by atoms with Crippen molar-refractivity contribution in [3.8, 4) is 5.75 Å². The molecule has 0 radical (unpaired) electrons. The van der Waals surface area contributed by atoms with Crippen LogP contribution in [0.5, 0.6) is 5.75 Å². The molecule has 3 rings (SSSR count). The first kappa shape index (κ1) is 12.9. The van der Waals surface area contributed by atoms with Crippen molar-refractivity contribution in [3.05, 3.63) is 35.7 Å². The van der Waals surface area contributed by atoms with Crippen LogP contribution < -0.4 is 10.5 Å². The summed E-state index contributed by atoms with van der Waals surface area (Å²) in [5.41, 5.74) is 6.92. The van der Waals surface area contributed by atoms with Gasteiger partial charge in [0.05, 0.1) is 0 Å². The topological polar surface area (TPSA) is 78.3 Å². The molecule has 0 bridgehead atoms. The molecule has 0 fully saturated rings. The Hall–Kier alpha value is -2.15. The zero-order valence-corrected chi connectivity index (χ0v) is 12.1. The minimum atomic E-state index is 0.311. The van der Waals surface area contributed by atoms with E-state index < -0.39 is 0 Å².